The highest BCUT2D eigenvalue weighted by atomic mass is 31.2. The van der Waals surface area contributed by atoms with E-state index in [1.54, 1.807) is 0 Å². The van der Waals surface area contributed by atoms with Crippen LogP contribution in [0.3, 0.4) is 0 Å². The molecule has 2 atom stereocenters. The average molecular weight is 844 g/mol. The molecule has 0 amide bonds. The minimum atomic E-state index is -4.55. The van der Waals surface area contributed by atoms with Gasteiger partial charge in [0.1, 0.15) is 19.3 Å². The largest absolute Gasteiger partial charge is 0.756 e. The van der Waals surface area contributed by atoms with Crippen molar-refractivity contribution in [2.75, 3.05) is 54.1 Å². The fourth-order valence-corrected chi connectivity index (χ4v) is 6.37. The summed E-state index contributed by atoms with van der Waals surface area (Å²) in [5.74, 6) is -0.372. The first kappa shape index (κ1) is 56.4. The van der Waals surface area contributed by atoms with Crippen molar-refractivity contribution in [3.05, 3.63) is 97.2 Å². The van der Waals surface area contributed by atoms with Crippen LogP contribution < -0.4 is 4.89 Å². The number of rotatable bonds is 41. The van der Waals surface area contributed by atoms with Crippen LogP contribution in [0.4, 0.5) is 0 Å². The van der Waals surface area contributed by atoms with Gasteiger partial charge in [0.2, 0.25) is 0 Å². The maximum Gasteiger partial charge on any atom is 0.306 e. The Morgan fingerprint density at radius 3 is 1.39 bits per heavy atom. The minimum Gasteiger partial charge on any atom is -0.756 e. The molecule has 0 rings (SSSR count). The monoisotopic (exact) mass is 844 g/mol. The Labute approximate surface area is 362 Å². The normalized spacial score (nSPS) is 14.6. The SMILES string of the molecule is CC/C=C\C/C=C\C/C=C\C/C=C\C/C=C\CCCCCC(=O)OC(COCCCCCCCCCC/C=C\C/C=C\C/C=C\CC)COP(=O)([O-])OCC[N+](C)(C)C. The van der Waals surface area contributed by atoms with Gasteiger partial charge in [0.05, 0.1) is 34.4 Å². The second-order valence-corrected chi connectivity index (χ2v) is 17.4. The Hall–Kier alpha value is -2.58. The van der Waals surface area contributed by atoms with Crippen LogP contribution in [0.2, 0.25) is 0 Å². The van der Waals surface area contributed by atoms with E-state index in [1.807, 2.05) is 21.1 Å². The maximum absolute atomic E-state index is 12.7. The van der Waals surface area contributed by atoms with Crippen molar-refractivity contribution in [2.24, 2.45) is 0 Å². The number of carbonyl (C=O) groups excluding carboxylic acids is 1. The van der Waals surface area contributed by atoms with Crippen LogP contribution in [0.15, 0.2) is 97.2 Å². The molecule has 0 aromatic carbocycles. The highest BCUT2D eigenvalue weighted by Crippen LogP contribution is 2.38. The van der Waals surface area contributed by atoms with Crippen molar-refractivity contribution in [1.29, 1.82) is 0 Å². The number of hydrogen-bond acceptors (Lipinski definition) is 7. The fourth-order valence-electron chi connectivity index (χ4n) is 5.64. The number of carbonyl (C=O) groups is 1. The third kappa shape index (κ3) is 46.3. The molecule has 8 nitrogen and oxygen atoms in total. The van der Waals surface area contributed by atoms with E-state index in [9.17, 15) is 14.3 Å². The topological polar surface area (TPSA) is 94.1 Å². The van der Waals surface area contributed by atoms with E-state index in [4.69, 9.17) is 18.5 Å². The summed E-state index contributed by atoms with van der Waals surface area (Å²) in [5.41, 5.74) is 0. The van der Waals surface area contributed by atoms with Gasteiger partial charge in [-0.25, -0.2) is 0 Å². The molecule has 0 spiro atoms. The van der Waals surface area contributed by atoms with Crippen LogP contribution in [-0.2, 0) is 27.9 Å². The smallest absolute Gasteiger partial charge is 0.306 e. The Morgan fingerprint density at radius 2 is 0.932 bits per heavy atom. The molecule has 0 aliphatic rings. The van der Waals surface area contributed by atoms with Crippen LogP contribution >= 0.6 is 7.82 Å². The maximum atomic E-state index is 12.7. The Balaban J connectivity index is 4.32. The van der Waals surface area contributed by atoms with E-state index < -0.39 is 13.9 Å². The summed E-state index contributed by atoms with van der Waals surface area (Å²) in [7, 11) is 1.31. The number of ether oxygens (including phenoxy) is 2. The summed E-state index contributed by atoms with van der Waals surface area (Å²) in [4.78, 5) is 25.1. The number of esters is 1. The zero-order valence-corrected chi connectivity index (χ0v) is 39.1. The molecule has 0 fully saturated rings. The van der Waals surface area contributed by atoms with Crippen molar-refractivity contribution >= 4 is 13.8 Å². The molecule has 0 heterocycles. The molecule has 0 saturated carbocycles. The van der Waals surface area contributed by atoms with Gasteiger partial charge in [-0.15, -0.1) is 0 Å². The van der Waals surface area contributed by atoms with Gasteiger partial charge in [0.25, 0.3) is 7.82 Å². The molecule has 0 saturated heterocycles. The zero-order valence-electron chi connectivity index (χ0n) is 38.2. The molecule has 0 aliphatic carbocycles. The molecular weight excluding hydrogens is 758 g/mol. The second kappa shape index (κ2) is 42.1. The van der Waals surface area contributed by atoms with Crippen LogP contribution in [0.1, 0.15) is 155 Å². The summed E-state index contributed by atoms with van der Waals surface area (Å²) in [6.45, 7) is 5.10. The highest BCUT2D eigenvalue weighted by molar-refractivity contribution is 7.45. The number of unbranched alkanes of at least 4 members (excludes halogenated alkanes) is 11. The minimum absolute atomic E-state index is 0.0119. The number of hydrogen-bond donors (Lipinski definition) is 0. The average Bonchev–Trinajstić information content (AvgIpc) is 3.19. The standard InChI is InChI=1S/C50H86NO7P/c1-6-8-10-12-14-16-18-20-22-24-26-27-29-31-33-35-37-39-41-43-50(52)58-49(48-57-59(53,54)56-46-44-51(3,4)5)47-55-45-42-40-38-36-34-32-30-28-25-23-21-19-17-15-13-11-9-7-2/h8-11,14-17,20-23,26-27,31,33,49H,6-7,12-13,18-19,24-25,28-30,32,34-48H2,1-5H3/b10-8-,11-9-,16-14-,17-15-,22-20-,23-21-,27-26-,33-31-. The van der Waals surface area contributed by atoms with E-state index >= 15 is 0 Å². The lowest BCUT2D eigenvalue weighted by Gasteiger charge is -2.28. The van der Waals surface area contributed by atoms with Crippen LogP contribution in [-0.4, -0.2) is 70.7 Å². The Bertz CT molecular complexity index is 1260. The summed E-state index contributed by atoms with van der Waals surface area (Å²) >= 11 is 0. The van der Waals surface area contributed by atoms with Gasteiger partial charge in [-0.05, 0) is 89.9 Å². The van der Waals surface area contributed by atoms with Gasteiger partial charge in [0, 0.05) is 13.0 Å². The van der Waals surface area contributed by atoms with Crippen molar-refractivity contribution in [2.45, 2.75) is 161 Å². The van der Waals surface area contributed by atoms with Crippen LogP contribution in [0.25, 0.3) is 0 Å². The molecule has 2 unspecified atom stereocenters. The first-order valence-electron chi connectivity index (χ1n) is 23.0. The molecule has 9 heteroatoms. The molecule has 0 N–H and O–H groups in total. The lowest BCUT2D eigenvalue weighted by Crippen LogP contribution is -2.37. The lowest BCUT2D eigenvalue weighted by atomic mass is 10.1. The third-order valence-corrected chi connectivity index (χ3v) is 10.1. The first-order valence-corrected chi connectivity index (χ1v) is 24.4. The summed E-state index contributed by atoms with van der Waals surface area (Å²) in [5, 5.41) is 0. The van der Waals surface area contributed by atoms with Crippen molar-refractivity contribution in [3.8, 4) is 0 Å². The van der Waals surface area contributed by atoms with Gasteiger partial charge >= 0.3 is 5.97 Å². The van der Waals surface area contributed by atoms with Gasteiger partial charge in [-0.2, -0.15) is 0 Å². The number of phosphoric acid groups is 1. The predicted octanol–water partition coefficient (Wildman–Crippen LogP) is 13.2. The molecule has 0 aromatic heterocycles. The van der Waals surface area contributed by atoms with E-state index in [-0.39, 0.29) is 32.2 Å². The van der Waals surface area contributed by atoms with Crippen molar-refractivity contribution < 1.29 is 37.3 Å². The molecule has 0 aromatic rings. The lowest BCUT2D eigenvalue weighted by molar-refractivity contribution is -0.870. The van der Waals surface area contributed by atoms with E-state index in [0.29, 0.717) is 24.1 Å². The predicted molar refractivity (Wildman–Crippen MR) is 249 cm³/mol. The van der Waals surface area contributed by atoms with E-state index in [1.165, 1.54) is 32.1 Å². The van der Waals surface area contributed by atoms with Crippen molar-refractivity contribution in [3.63, 3.8) is 0 Å². The number of quaternary nitrogens is 1. The van der Waals surface area contributed by atoms with Gasteiger partial charge in [-0.1, -0.05) is 156 Å². The number of phosphoric ester groups is 1. The first-order chi connectivity index (χ1) is 28.6. The third-order valence-electron chi connectivity index (χ3n) is 9.13. The highest BCUT2D eigenvalue weighted by Gasteiger charge is 2.20. The number of allylic oxidation sites excluding steroid dienone is 16. The van der Waals surface area contributed by atoms with Gasteiger partial charge in [0.15, 0.2) is 0 Å². The van der Waals surface area contributed by atoms with E-state index in [2.05, 4.69) is 111 Å². The van der Waals surface area contributed by atoms with Crippen LogP contribution in [0.5, 0.6) is 0 Å². The number of nitrogens with zero attached hydrogens (tertiary/aromatic N) is 1. The van der Waals surface area contributed by atoms with Gasteiger partial charge < -0.3 is 27.9 Å². The zero-order chi connectivity index (χ0) is 43.4. The molecule has 338 valence electrons. The molecule has 59 heavy (non-hydrogen) atoms. The Kier molecular flexibility index (Phi) is 40.3. The number of likely N-dealkylation sites (N-methyl/N-ethyl adjacent to an activating group) is 1. The quantitative estimate of drug-likeness (QED) is 0.0199. The molecule has 0 radical (unpaired) electrons. The van der Waals surface area contributed by atoms with Gasteiger partial charge in [-0.3, -0.25) is 9.36 Å². The van der Waals surface area contributed by atoms with E-state index in [0.717, 1.165) is 96.3 Å². The summed E-state index contributed by atoms with van der Waals surface area (Å²) < 4.78 is 34.6. The Morgan fingerprint density at radius 1 is 0.525 bits per heavy atom. The molecule has 0 bridgehead atoms. The fraction of sp³-hybridized carbons (Fsp3) is 0.660. The molecular formula is C50H86NO7P. The summed E-state index contributed by atoms with van der Waals surface area (Å²) in [6.07, 6.45) is 57.1. The second-order valence-electron chi connectivity index (χ2n) is 16.0. The van der Waals surface area contributed by atoms with Crippen molar-refractivity contribution in [1.82, 2.24) is 0 Å². The molecule has 0 aliphatic heterocycles. The van der Waals surface area contributed by atoms with Crippen LogP contribution in [0, 0.1) is 0 Å². The summed E-state index contributed by atoms with van der Waals surface area (Å²) in [6, 6.07) is 0.